The summed E-state index contributed by atoms with van der Waals surface area (Å²) in [6.07, 6.45) is 6.96. The van der Waals surface area contributed by atoms with E-state index in [-0.39, 0.29) is 64.6 Å². The molecule has 140 valence electrons. The molecule has 0 atom stereocenters. The molecule has 0 aliphatic heterocycles. The van der Waals surface area contributed by atoms with Crippen molar-refractivity contribution >= 4 is 0 Å². The van der Waals surface area contributed by atoms with E-state index in [1.807, 2.05) is 0 Å². The number of hydrogen-bond donors (Lipinski definition) is 2. The van der Waals surface area contributed by atoms with Crippen LogP contribution in [-0.4, -0.2) is 72.5 Å². The van der Waals surface area contributed by atoms with Crippen LogP contribution in [0.1, 0.15) is 59.3 Å². The number of aliphatic hydroxyl groups is 2. The van der Waals surface area contributed by atoms with Gasteiger partial charge in [0.05, 0.1) is 13.2 Å². The van der Waals surface area contributed by atoms with Crippen LogP contribution in [0.2, 0.25) is 0 Å². The fourth-order valence-corrected chi connectivity index (χ4v) is 2.81. The second kappa shape index (κ2) is 17.9. The van der Waals surface area contributed by atoms with E-state index < -0.39 is 0 Å². The first-order chi connectivity index (χ1) is 11.0. The van der Waals surface area contributed by atoms with Gasteiger partial charge in [0.1, 0.15) is 0 Å². The Kier molecular flexibility index (Phi) is 20.6. The molecule has 0 aliphatic rings. The van der Waals surface area contributed by atoms with Crippen molar-refractivity contribution in [3.8, 4) is 0 Å². The van der Waals surface area contributed by atoms with Gasteiger partial charge in [0.15, 0.2) is 0 Å². The van der Waals surface area contributed by atoms with E-state index in [2.05, 4.69) is 37.5 Å². The minimum atomic E-state index is 0. The first kappa shape index (κ1) is 27.7. The minimum absolute atomic E-state index is 0. The number of aliphatic hydroxyl groups excluding tert-OH is 2. The van der Waals surface area contributed by atoms with Crippen molar-refractivity contribution in [2.24, 2.45) is 5.41 Å². The fourth-order valence-electron chi connectivity index (χ4n) is 2.81. The first-order valence-electron chi connectivity index (χ1n) is 9.44. The molecular formula is C19H41KN2O2. The topological polar surface area (TPSA) is 46.9 Å². The molecule has 0 radical (unpaired) electrons. The number of unbranched alkanes of at least 4 members (excludes halogenated alkanes) is 1. The van der Waals surface area contributed by atoms with Crippen molar-refractivity contribution < 1.29 is 61.6 Å². The van der Waals surface area contributed by atoms with Gasteiger partial charge in [-0.1, -0.05) is 33.6 Å². The van der Waals surface area contributed by atoms with Crippen molar-refractivity contribution in [2.75, 3.05) is 52.5 Å². The molecule has 0 rings (SSSR count). The zero-order valence-corrected chi connectivity index (χ0v) is 20.0. The summed E-state index contributed by atoms with van der Waals surface area (Å²) >= 11 is 0. The number of hydrogen-bond acceptors (Lipinski definition) is 4. The van der Waals surface area contributed by atoms with Crippen molar-refractivity contribution in [3.63, 3.8) is 0 Å². The van der Waals surface area contributed by atoms with Gasteiger partial charge in [-0.15, -0.1) is 0 Å². The van der Waals surface area contributed by atoms with Crippen LogP contribution in [-0.2, 0) is 0 Å². The van der Waals surface area contributed by atoms with Crippen LogP contribution in [0.15, 0.2) is 0 Å². The average molecular weight is 369 g/mol. The van der Waals surface area contributed by atoms with Crippen LogP contribution in [0.5, 0.6) is 0 Å². The van der Waals surface area contributed by atoms with E-state index in [4.69, 9.17) is 5.11 Å². The summed E-state index contributed by atoms with van der Waals surface area (Å²) in [7, 11) is 0. The third kappa shape index (κ3) is 15.7. The Bertz CT molecular complexity index is 260. The van der Waals surface area contributed by atoms with Gasteiger partial charge >= 0.3 is 51.4 Å². The fraction of sp³-hybridized carbons (Fsp3) is 0.947. The molecule has 0 spiro atoms. The molecule has 24 heavy (non-hydrogen) atoms. The normalized spacial score (nSPS) is 12.0. The first-order valence-corrected chi connectivity index (χ1v) is 9.44. The second-order valence-electron chi connectivity index (χ2n) is 7.31. The van der Waals surface area contributed by atoms with Crippen molar-refractivity contribution in [3.05, 3.63) is 6.92 Å². The van der Waals surface area contributed by atoms with Crippen LogP contribution in [0, 0.1) is 12.3 Å². The molecule has 0 fully saturated rings. The molecule has 2 N–H and O–H groups in total. The maximum atomic E-state index is 9.24. The van der Waals surface area contributed by atoms with E-state index in [0.717, 1.165) is 52.1 Å². The van der Waals surface area contributed by atoms with Gasteiger partial charge < -0.3 is 26.9 Å². The monoisotopic (exact) mass is 368 g/mol. The molecule has 0 aromatic rings. The van der Waals surface area contributed by atoms with Gasteiger partial charge in [-0.25, -0.2) is 0 Å². The van der Waals surface area contributed by atoms with Crippen LogP contribution in [0.4, 0.5) is 0 Å². The second-order valence-corrected chi connectivity index (χ2v) is 7.31. The molecule has 0 aromatic heterocycles. The molecule has 0 unspecified atom stereocenters. The quantitative estimate of drug-likeness (QED) is 0.225. The van der Waals surface area contributed by atoms with Crippen LogP contribution < -0.4 is 51.4 Å². The Balaban J connectivity index is 0. The molecule has 0 saturated heterocycles. The van der Waals surface area contributed by atoms with E-state index in [9.17, 15) is 5.11 Å². The summed E-state index contributed by atoms with van der Waals surface area (Å²) in [5, 5.41) is 18.3. The van der Waals surface area contributed by atoms with E-state index in [0.29, 0.717) is 5.41 Å². The predicted octanol–water partition coefficient (Wildman–Crippen LogP) is -0.200. The van der Waals surface area contributed by atoms with Crippen molar-refractivity contribution in [2.45, 2.75) is 59.3 Å². The molecule has 0 heterocycles. The Morgan fingerprint density at radius 1 is 0.792 bits per heavy atom. The Labute approximate surface area is 193 Å². The maximum Gasteiger partial charge on any atom is 1.00 e. The summed E-state index contributed by atoms with van der Waals surface area (Å²) in [5.41, 5.74) is 0.459. The molecule has 0 aromatic carbocycles. The number of rotatable bonds is 16. The molecule has 0 amide bonds. The standard InChI is InChI=1S/C19H41N2O2.K/c1-5-11-20(15-17-22)13-9-14-21(16-18-23)12-8-7-10-19(3,4)6-2;/h22-23H,1,5-18H2,2-4H3;/q-1;+1. The Morgan fingerprint density at radius 2 is 1.29 bits per heavy atom. The van der Waals surface area contributed by atoms with Gasteiger partial charge in [0.25, 0.3) is 0 Å². The Morgan fingerprint density at radius 3 is 1.75 bits per heavy atom. The van der Waals surface area contributed by atoms with Crippen LogP contribution in [0.3, 0.4) is 0 Å². The zero-order valence-electron chi connectivity index (χ0n) is 16.9. The third-order valence-electron chi connectivity index (χ3n) is 4.79. The molecule has 5 heteroatoms. The molecule has 0 saturated carbocycles. The zero-order chi connectivity index (χ0) is 17.6. The molecule has 0 bridgehead atoms. The van der Waals surface area contributed by atoms with Crippen molar-refractivity contribution in [1.29, 1.82) is 0 Å². The third-order valence-corrected chi connectivity index (χ3v) is 4.79. The Hall–Kier alpha value is 1.48. The van der Waals surface area contributed by atoms with E-state index in [1.165, 1.54) is 25.7 Å². The molecule has 4 nitrogen and oxygen atoms in total. The maximum absolute atomic E-state index is 9.24. The SMILES string of the molecule is [CH2-]CCN(CCO)CCCN(CCO)CCCCC(C)(C)CC.[K+]. The number of nitrogens with zero attached hydrogens (tertiary/aromatic N) is 2. The van der Waals surface area contributed by atoms with Crippen molar-refractivity contribution in [1.82, 2.24) is 9.80 Å². The van der Waals surface area contributed by atoms with Gasteiger partial charge in [-0.2, -0.15) is 6.42 Å². The minimum Gasteiger partial charge on any atom is -0.395 e. The van der Waals surface area contributed by atoms with E-state index >= 15 is 0 Å². The smallest absolute Gasteiger partial charge is 0.395 e. The van der Waals surface area contributed by atoms with Gasteiger partial charge in [-0.3, -0.25) is 0 Å². The van der Waals surface area contributed by atoms with E-state index in [1.54, 1.807) is 0 Å². The summed E-state index contributed by atoms with van der Waals surface area (Å²) in [5.74, 6) is 0. The molecular weight excluding hydrogens is 327 g/mol. The van der Waals surface area contributed by atoms with Gasteiger partial charge in [0.2, 0.25) is 0 Å². The van der Waals surface area contributed by atoms with Crippen LogP contribution >= 0.6 is 0 Å². The van der Waals surface area contributed by atoms with Crippen LogP contribution in [0.25, 0.3) is 0 Å². The summed E-state index contributed by atoms with van der Waals surface area (Å²) in [6, 6.07) is 0. The van der Waals surface area contributed by atoms with Gasteiger partial charge in [-0.05, 0) is 50.9 Å². The summed E-state index contributed by atoms with van der Waals surface area (Å²) < 4.78 is 0. The van der Waals surface area contributed by atoms with Gasteiger partial charge in [0, 0.05) is 13.1 Å². The summed E-state index contributed by atoms with van der Waals surface area (Å²) in [6.45, 7) is 16.9. The largest absolute Gasteiger partial charge is 1.00 e. The molecule has 0 aliphatic carbocycles. The summed E-state index contributed by atoms with van der Waals surface area (Å²) in [4.78, 5) is 4.65. The predicted molar refractivity (Wildman–Crippen MR) is 99.6 cm³/mol. The average Bonchev–Trinajstić information content (AvgIpc) is 2.52.